The number of unbranched alkanes of at least 4 members (excludes halogenated alkanes) is 1. The normalized spacial score (nSPS) is 24.7. The van der Waals surface area contributed by atoms with Gasteiger partial charge in [0.2, 0.25) is 11.8 Å². The third kappa shape index (κ3) is 4.86. The Morgan fingerprint density at radius 1 is 1.35 bits per heavy atom. The zero-order valence-corrected chi connectivity index (χ0v) is 15.5. The number of piperidine rings is 1. The number of carbonyl (C=O) groups is 2. The standard InChI is InChI=1S/C17H31N3O2S/c1-4-6-7-15(21)20-10-8-17(9-11-20)19-14(12-23-17)16(22)18-13(3)5-2/h13-14,19H,4-12H2,1-3H3,(H,18,22)/t13-,14-/m1/s1. The molecule has 132 valence electrons. The van der Waals surface area contributed by atoms with Gasteiger partial charge in [0.1, 0.15) is 0 Å². The van der Waals surface area contributed by atoms with Crippen molar-refractivity contribution < 1.29 is 9.59 Å². The molecule has 1 spiro atoms. The van der Waals surface area contributed by atoms with E-state index in [4.69, 9.17) is 0 Å². The minimum atomic E-state index is -0.101. The van der Waals surface area contributed by atoms with Crippen LogP contribution in [-0.2, 0) is 9.59 Å². The first kappa shape index (κ1) is 18.6. The van der Waals surface area contributed by atoms with E-state index in [1.807, 2.05) is 23.6 Å². The summed E-state index contributed by atoms with van der Waals surface area (Å²) in [7, 11) is 0. The summed E-state index contributed by atoms with van der Waals surface area (Å²) in [5, 5.41) is 6.62. The molecule has 2 aliphatic rings. The van der Waals surface area contributed by atoms with Crippen molar-refractivity contribution in [2.75, 3.05) is 18.8 Å². The highest BCUT2D eigenvalue weighted by atomic mass is 32.2. The van der Waals surface area contributed by atoms with Crippen LogP contribution in [0, 0.1) is 0 Å². The molecule has 2 N–H and O–H groups in total. The molecular formula is C17H31N3O2S. The van der Waals surface area contributed by atoms with Crippen LogP contribution in [0.2, 0.25) is 0 Å². The Morgan fingerprint density at radius 2 is 2.04 bits per heavy atom. The van der Waals surface area contributed by atoms with Crippen molar-refractivity contribution in [3.8, 4) is 0 Å². The van der Waals surface area contributed by atoms with Gasteiger partial charge in [0.15, 0.2) is 0 Å². The lowest BCUT2D eigenvalue weighted by atomic mass is 10.0. The molecular weight excluding hydrogens is 310 g/mol. The van der Waals surface area contributed by atoms with Crippen molar-refractivity contribution in [3.05, 3.63) is 0 Å². The van der Waals surface area contributed by atoms with Crippen LogP contribution >= 0.6 is 11.8 Å². The maximum Gasteiger partial charge on any atom is 0.238 e. The van der Waals surface area contributed by atoms with E-state index in [0.29, 0.717) is 6.42 Å². The molecule has 2 fully saturated rings. The lowest BCUT2D eigenvalue weighted by Gasteiger charge is -2.39. The number of rotatable bonds is 6. The fourth-order valence-electron chi connectivity index (χ4n) is 3.12. The van der Waals surface area contributed by atoms with Crippen molar-refractivity contribution in [1.82, 2.24) is 15.5 Å². The number of amides is 2. The van der Waals surface area contributed by atoms with E-state index in [9.17, 15) is 9.59 Å². The fourth-order valence-corrected chi connectivity index (χ4v) is 4.54. The van der Waals surface area contributed by atoms with Gasteiger partial charge in [0.05, 0.1) is 10.9 Å². The van der Waals surface area contributed by atoms with Gasteiger partial charge in [-0.05, 0) is 32.6 Å². The summed E-state index contributed by atoms with van der Waals surface area (Å²) in [5.41, 5.74) is 0. The third-order valence-electron chi connectivity index (χ3n) is 4.95. The zero-order chi connectivity index (χ0) is 16.9. The molecule has 23 heavy (non-hydrogen) atoms. The van der Waals surface area contributed by atoms with Gasteiger partial charge in [0, 0.05) is 31.3 Å². The van der Waals surface area contributed by atoms with E-state index in [0.717, 1.165) is 50.9 Å². The van der Waals surface area contributed by atoms with Gasteiger partial charge in [-0.25, -0.2) is 0 Å². The molecule has 2 aliphatic heterocycles. The van der Waals surface area contributed by atoms with Crippen LogP contribution in [0.1, 0.15) is 59.3 Å². The predicted octanol–water partition coefficient (Wildman–Crippen LogP) is 2.12. The molecule has 2 saturated heterocycles. The van der Waals surface area contributed by atoms with Crippen molar-refractivity contribution >= 4 is 23.6 Å². The van der Waals surface area contributed by atoms with Crippen LogP contribution in [0.5, 0.6) is 0 Å². The van der Waals surface area contributed by atoms with Crippen LogP contribution in [0.25, 0.3) is 0 Å². The van der Waals surface area contributed by atoms with Crippen LogP contribution in [-0.4, -0.2) is 52.5 Å². The van der Waals surface area contributed by atoms with Crippen molar-refractivity contribution in [3.63, 3.8) is 0 Å². The average Bonchev–Trinajstić information content (AvgIpc) is 2.97. The first-order valence-corrected chi connectivity index (χ1v) is 9.98. The molecule has 2 rings (SSSR count). The fraction of sp³-hybridized carbons (Fsp3) is 0.882. The molecule has 2 amide bonds. The van der Waals surface area contributed by atoms with E-state index < -0.39 is 0 Å². The highest BCUT2D eigenvalue weighted by Crippen LogP contribution is 2.39. The lowest BCUT2D eigenvalue weighted by Crippen LogP contribution is -2.55. The second-order valence-electron chi connectivity index (χ2n) is 6.80. The molecule has 0 aromatic carbocycles. The Bertz CT molecular complexity index is 422. The molecule has 5 nitrogen and oxygen atoms in total. The molecule has 2 atom stereocenters. The quantitative estimate of drug-likeness (QED) is 0.777. The molecule has 0 aliphatic carbocycles. The molecule has 2 heterocycles. The Hall–Kier alpha value is -0.750. The number of hydrogen-bond donors (Lipinski definition) is 2. The van der Waals surface area contributed by atoms with Crippen LogP contribution < -0.4 is 10.6 Å². The van der Waals surface area contributed by atoms with Gasteiger partial charge in [-0.2, -0.15) is 0 Å². The Kier molecular flexibility index (Phi) is 6.77. The van der Waals surface area contributed by atoms with E-state index in [1.165, 1.54) is 0 Å². The first-order valence-electron chi connectivity index (χ1n) is 8.99. The van der Waals surface area contributed by atoms with E-state index in [2.05, 4.69) is 24.5 Å². The molecule has 0 radical (unpaired) electrons. The SMILES string of the molecule is CCCCC(=O)N1CCC2(CC1)N[C@@H](C(=O)N[C@H](C)CC)CS2. The first-order chi connectivity index (χ1) is 11.0. The van der Waals surface area contributed by atoms with Crippen molar-refractivity contribution in [1.29, 1.82) is 0 Å². The van der Waals surface area contributed by atoms with Crippen LogP contribution in [0.3, 0.4) is 0 Å². The Balaban J connectivity index is 1.80. The second-order valence-corrected chi connectivity index (χ2v) is 8.21. The largest absolute Gasteiger partial charge is 0.352 e. The summed E-state index contributed by atoms with van der Waals surface area (Å²) >= 11 is 1.86. The van der Waals surface area contributed by atoms with Gasteiger partial charge in [-0.1, -0.05) is 20.3 Å². The second kappa shape index (κ2) is 8.38. The average molecular weight is 342 g/mol. The minimum Gasteiger partial charge on any atom is -0.352 e. The number of nitrogens with one attached hydrogen (secondary N) is 2. The maximum atomic E-state index is 12.3. The number of thioether (sulfide) groups is 1. The highest BCUT2D eigenvalue weighted by Gasteiger charge is 2.44. The molecule has 0 unspecified atom stereocenters. The Labute approximate surface area is 144 Å². The number of hydrogen-bond acceptors (Lipinski definition) is 4. The Morgan fingerprint density at radius 3 is 2.65 bits per heavy atom. The topological polar surface area (TPSA) is 61.4 Å². The summed E-state index contributed by atoms with van der Waals surface area (Å²) in [4.78, 5) is 26.4. The summed E-state index contributed by atoms with van der Waals surface area (Å²) < 4.78 is 0. The predicted molar refractivity (Wildman–Crippen MR) is 95.3 cm³/mol. The van der Waals surface area contributed by atoms with E-state index in [-0.39, 0.29) is 28.8 Å². The number of likely N-dealkylation sites (tertiary alicyclic amines) is 1. The maximum absolute atomic E-state index is 12.3. The van der Waals surface area contributed by atoms with Crippen molar-refractivity contribution in [2.45, 2.75) is 76.3 Å². The lowest BCUT2D eigenvalue weighted by molar-refractivity contribution is -0.132. The molecule has 0 aromatic heterocycles. The smallest absolute Gasteiger partial charge is 0.238 e. The molecule has 0 saturated carbocycles. The minimum absolute atomic E-state index is 0.0149. The summed E-state index contributed by atoms with van der Waals surface area (Å²) in [6.07, 6.45) is 5.53. The van der Waals surface area contributed by atoms with E-state index in [1.54, 1.807) is 0 Å². The molecule has 0 bridgehead atoms. The van der Waals surface area contributed by atoms with Crippen LogP contribution in [0.15, 0.2) is 0 Å². The zero-order valence-electron chi connectivity index (χ0n) is 14.7. The van der Waals surface area contributed by atoms with Gasteiger partial charge in [0.25, 0.3) is 0 Å². The van der Waals surface area contributed by atoms with Gasteiger partial charge in [-0.3, -0.25) is 14.9 Å². The van der Waals surface area contributed by atoms with Gasteiger partial charge >= 0.3 is 0 Å². The number of nitrogens with zero attached hydrogens (tertiary/aromatic N) is 1. The van der Waals surface area contributed by atoms with Gasteiger partial charge in [-0.15, -0.1) is 11.8 Å². The highest BCUT2D eigenvalue weighted by molar-refractivity contribution is 8.01. The third-order valence-corrected chi connectivity index (χ3v) is 6.53. The molecule has 0 aromatic rings. The summed E-state index contributed by atoms with van der Waals surface area (Å²) in [6.45, 7) is 7.84. The summed E-state index contributed by atoms with van der Waals surface area (Å²) in [6, 6.07) is 0.125. The molecule has 6 heteroatoms. The van der Waals surface area contributed by atoms with Crippen LogP contribution in [0.4, 0.5) is 0 Å². The van der Waals surface area contributed by atoms with E-state index >= 15 is 0 Å². The summed E-state index contributed by atoms with van der Waals surface area (Å²) in [5.74, 6) is 1.23. The van der Waals surface area contributed by atoms with Crippen molar-refractivity contribution in [2.24, 2.45) is 0 Å². The monoisotopic (exact) mass is 341 g/mol. The number of carbonyl (C=O) groups excluding carboxylic acids is 2. The van der Waals surface area contributed by atoms with Gasteiger partial charge < -0.3 is 10.2 Å².